The molecule has 2 rings (SSSR count). The Morgan fingerprint density at radius 2 is 2.06 bits per heavy atom. The van der Waals surface area contributed by atoms with E-state index in [1.165, 1.54) is 29.1 Å². The van der Waals surface area contributed by atoms with Crippen molar-refractivity contribution < 1.29 is 0 Å². The van der Waals surface area contributed by atoms with E-state index in [-0.39, 0.29) is 0 Å². The second kappa shape index (κ2) is 4.98. The Labute approximate surface area is 108 Å². The molecule has 0 fully saturated rings. The zero-order valence-electron chi connectivity index (χ0n) is 9.63. The number of fused-ring (bicyclic) bond motifs is 1. The summed E-state index contributed by atoms with van der Waals surface area (Å²) in [6.45, 7) is 2.04. The average Bonchev–Trinajstić information content (AvgIpc) is 2.70. The molecular weight excluding hydrogens is 250 g/mol. The first-order chi connectivity index (χ1) is 8.11. The maximum atomic E-state index is 7.96. The van der Waals surface area contributed by atoms with Crippen molar-refractivity contribution in [1.29, 1.82) is 10.8 Å². The average molecular weight is 263 g/mol. The summed E-state index contributed by atoms with van der Waals surface area (Å²) >= 11 is 2.54. The predicted molar refractivity (Wildman–Crippen MR) is 78.7 cm³/mol. The van der Waals surface area contributed by atoms with Crippen molar-refractivity contribution in [2.24, 2.45) is 0 Å². The van der Waals surface area contributed by atoms with E-state index in [4.69, 9.17) is 10.8 Å². The molecule has 0 unspecified atom stereocenters. The van der Waals surface area contributed by atoms with E-state index in [0.717, 1.165) is 16.5 Å². The third-order valence-electron chi connectivity index (χ3n) is 2.53. The summed E-state index contributed by atoms with van der Waals surface area (Å²) < 4.78 is 0.445. The van der Waals surface area contributed by atoms with Crippen molar-refractivity contribution in [2.75, 3.05) is 6.26 Å². The number of aromatic amines is 1. The Hall–Kier alpha value is -1.20. The van der Waals surface area contributed by atoms with Gasteiger partial charge in [0.25, 0.3) is 0 Å². The van der Waals surface area contributed by atoms with Gasteiger partial charge in [-0.3, -0.25) is 10.8 Å². The molecule has 0 saturated carbocycles. The van der Waals surface area contributed by atoms with E-state index < -0.39 is 0 Å². The lowest BCUT2D eigenvalue weighted by Gasteiger charge is -2.04. The molecule has 3 N–H and O–H groups in total. The van der Waals surface area contributed by atoms with Gasteiger partial charge in [0.1, 0.15) is 9.42 Å². The maximum absolute atomic E-state index is 7.96. The zero-order chi connectivity index (χ0) is 12.4. The van der Waals surface area contributed by atoms with Gasteiger partial charge in [-0.05, 0) is 42.6 Å². The number of hydrogen-bond donors (Lipinski definition) is 3. The molecule has 0 aliphatic heterocycles. The van der Waals surface area contributed by atoms with E-state index in [9.17, 15) is 0 Å². The molecule has 0 saturated heterocycles. The molecule has 1 aromatic heterocycles. The van der Waals surface area contributed by atoms with Crippen LogP contribution in [0.25, 0.3) is 10.9 Å². The van der Waals surface area contributed by atoms with E-state index in [2.05, 4.69) is 4.98 Å². The number of aryl methyl sites for hydroxylation is 1. The highest BCUT2D eigenvalue weighted by atomic mass is 32.2. The minimum atomic E-state index is 0.423. The number of H-pyrrole nitrogens is 1. The van der Waals surface area contributed by atoms with Crippen LogP contribution in [-0.2, 0) is 0 Å². The van der Waals surface area contributed by atoms with E-state index in [0.29, 0.717) is 9.42 Å². The molecule has 0 radical (unpaired) electrons. The Kier molecular flexibility index (Phi) is 3.59. The molecule has 0 spiro atoms. The molecule has 5 heteroatoms. The van der Waals surface area contributed by atoms with Crippen LogP contribution in [0.2, 0.25) is 0 Å². The summed E-state index contributed by atoms with van der Waals surface area (Å²) in [6.07, 6.45) is 3.82. The van der Waals surface area contributed by atoms with E-state index in [1.54, 1.807) is 0 Å². The fourth-order valence-electron chi connectivity index (χ4n) is 1.59. The lowest BCUT2D eigenvalue weighted by atomic mass is 10.1. The fraction of sp³-hybridized carbons (Fsp3) is 0.167. The van der Waals surface area contributed by atoms with Crippen molar-refractivity contribution in [3.63, 3.8) is 0 Å². The van der Waals surface area contributed by atoms with Gasteiger partial charge in [-0.2, -0.15) is 0 Å². The highest BCUT2D eigenvalue weighted by Gasteiger charge is 2.08. The second-order valence-electron chi connectivity index (χ2n) is 3.65. The number of nitrogens with one attached hydrogen (secondary N) is 3. The highest BCUT2D eigenvalue weighted by molar-refractivity contribution is 8.44. The van der Waals surface area contributed by atoms with Crippen LogP contribution >= 0.6 is 23.5 Å². The van der Waals surface area contributed by atoms with Crippen molar-refractivity contribution >= 4 is 43.8 Å². The number of benzene rings is 1. The first-order valence-electron chi connectivity index (χ1n) is 5.09. The Morgan fingerprint density at radius 1 is 1.29 bits per heavy atom. The largest absolute Gasteiger partial charge is 0.361 e. The van der Waals surface area contributed by atoms with Crippen LogP contribution in [0.15, 0.2) is 24.4 Å². The van der Waals surface area contributed by atoms with Gasteiger partial charge in [-0.1, -0.05) is 6.07 Å². The first kappa shape index (κ1) is 12.3. The third-order valence-corrected chi connectivity index (χ3v) is 4.28. The minimum absolute atomic E-state index is 0.423. The topological polar surface area (TPSA) is 63.5 Å². The van der Waals surface area contributed by atoms with E-state index >= 15 is 0 Å². The van der Waals surface area contributed by atoms with Crippen LogP contribution < -0.4 is 0 Å². The SMILES string of the molecule is CSC(=N)SC(=N)c1ccc2[nH]cc(C)c2c1. The first-order valence-corrected chi connectivity index (χ1v) is 7.13. The normalized spacial score (nSPS) is 10.7. The lowest BCUT2D eigenvalue weighted by molar-refractivity contribution is 1.43. The summed E-state index contributed by atoms with van der Waals surface area (Å²) in [4.78, 5) is 3.18. The van der Waals surface area contributed by atoms with Gasteiger partial charge in [-0.25, -0.2) is 0 Å². The molecule has 1 heterocycles. The Balaban J connectivity index is 2.32. The fourth-order valence-corrected chi connectivity index (χ4v) is 2.61. The molecular formula is C12H13N3S2. The van der Waals surface area contributed by atoms with Crippen LogP contribution in [-0.4, -0.2) is 20.7 Å². The van der Waals surface area contributed by atoms with Crippen LogP contribution in [0.1, 0.15) is 11.1 Å². The molecule has 3 nitrogen and oxygen atoms in total. The molecule has 1 aromatic carbocycles. The Morgan fingerprint density at radius 3 is 2.76 bits per heavy atom. The van der Waals surface area contributed by atoms with Gasteiger partial charge < -0.3 is 4.98 Å². The molecule has 0 bridgehead atoms. The lowest BCUT2D eigenvalue weighted by Crippen LogP contribution is -1.96. The van der Waals surface area contributed by atoms with Gasteiger partial charge in [0.05, 0.1) is 0 Å². The minimum Gasteiger partial charge on any atom is -0.361 e. The van der Waals surface area contributed by atoms with Gasteiger partial charge in [-0.15, -0.1) is 11.8 Å². The number of hydrogen-bond acceptors (Lipinski definition) is 4. The molecule has 17 heavy (non-hydrogen) atoms. The summed E-state index contributed by atoms with van der Waals surface area (Å²) in [5.74, 6) is 0. The van der Waals surface area contributed by atoms with Crippen LogP contribution in [0.4, 0.5) is 0 Å². The zero-order valence-corrected chi connectivity index (χ0v) is 11.3. The van der Waals surface area contributed by atoms with Gasteiger partial charge in [0, 0.05) is 22.7 Å². The van der Waals surface area contributed by atoms with Crippen LogP contribution in [0.5, 0.6) is 0 Å². The van der Waals surface area contributed by atoms with Gasteiger partial charge in [0.15, 0.2) is 0 Å². The van der Waals surface area contributed by atoms with Gasteiger partial charge >= 0.3 is 0 Å². The molecule has 0 amide bonds. The summed E-state index contributed by atoms with van der Waals surface area (Å²) in [6, 6.07) is 5.90. The molecule has 0 aliphatic carbocycles. The summed E-state index contributed by atoms with van der Waals surface area (Å²) in [7, 11) is 0. The number of thioether (sulfide) groups is 2. The predicted octanol–water partition coefficient (Wildman–Crippen LogP) is 3.83. The van der Waals surface area contributed by atoms with Crippen LogP contribution in [0, 0.1) is 17.7 Å². The van der Waals surface area contributed by atoms with Gasteiger partial charge in [0.2, 0.25) is 0 Å². The number of rotatable bonds is 1. The van der Waals surface area contributed by atoms with Crippen molar-refractivity contribution in [3.8, 4) is 0 Å². The standard InChI is InChI=1S/C12H13N3S2/c1-7-6-15-10-4-3-8(5-9(7)10)11(13)17-12(14)16-2/h3-6,13-15H,1-2H3. The smallest absolute Gasteiger partial charge is 0.127 e. The van der Waals surface area contributed by atoms with Crippen molar-refractivity contribution in [2.45, 2.75) is 6.92 Å². The summed E-state index contributed by atoms with van der Waals surface area (Å²) in [5, 5.41) is 17.1. The van der Waals surface area contributed by atoms with Crippen LogP contribution in [0.3, 0.4) is 0 Å². The van der Waals surface area contributed by atoms with Crippen molar-refractivity contribution in [3.05, 3.63) is 35.5 Å². The number of aromatic nitrogens is 1. The van der Waals surface area contributed by atoms with E-state index in [1.807, 2.05) is 37.6 Å². The molecule has 0 atom stereocenters. The Bertz CT molecular complexity index is 586. The second-order valence-corrected chi connectivity index (χ2v) is 5.75. The monoisotopic (exact) mass is 263 g/mol. The summed E-state index contributed by atoms with van der Waals surface area (Å²) in [5.41, 5.74) is 3.13. The maximum Gasteiger partial charge on any atom is 0.127 e. The third kappa shape index (κ3) is 2.56. The molecule has 2 aromatic rings. The van der Waals surface area contributed by atoms with Crippen molar-refractivity contribution in [1.82, 2.24) is 4.98 Å². The highest BCUT2D eigenvalue weighted by Crippen LogP contribution is 2.23. The molecule has 0 aliphatic rings. The molecule has 88 valence electrons. The quantitative estimate of drug-likeness (QED) is 0.541.